The van der Waals surface area contributed by atoms with Gasteiger partial charge in [0.2, 0.25) is 11.8 Å². The van der Waals surface area contributed by atoms with Crippen molar-refractivity contribution in [3.63, 3.8) is 0 Å². The molecule has 3 rings (SSSR count). The van der Waals surface area contributed by atoms with Gasteiger partial charge in [0, 0.05) is 4.75 Å². The minimum absolute atomic E-state index is 0. The maximum absolute atomic E-state index is 12.3. The van der Waals surface area contributed by atoms with E-state index in [0.29, 0.717) is 5.56 Å². The summed E-state index contributed by atoms with van der Waals surface area (Å²) < 4.78 is -0.655. The Balaban J connectivity index is 0.00000243. The van der Waals surface area contributed by atoms with E-state index >= 15 is 0 Å². The minimum Gasteiger partial charge on any atom is -0.872 e. The first-order valence-electron chi connectivity index (χ1n) is 7.69. The van der Waals surface area contributed by atoms with Crippen LogP contribution in [0.3, 0.4) is 0 Å². The maximum atomic E-state index is 12.3. The average Bonchev–Trinajstić information content (AvgIpc) is 2.80. The maximum Gasteiger partial charge on any atom is 1.00 e. The van der Waals surface area contributed by atoms with Gasteiger partial charge in [-0.1, -0.05) is 24.3 Å². The topological polar surface area (TPSA) is 136 Å². The van der Waals surface area contributed by atoms with Crippen molar-refractivity contribution < 1.29 is 54.2 Å². The van der Waals surface area contributed by atoms with Gasteiger partial charge in [-0.3, -0.25) is 9.59 Å². The van der Waals surface area contributed by atoms with E-state index in [2.05, 4.69) is 5.32 Å². The van der Waals surface area contributed by atoms with Crippen molar-refractivity contribution in [3.05, 3.63) is 29.8 Å². The molecule has 2 amide bonds. The summed E-state index contributed by atoms with van der Waals surface area (Å²) in [7, 11) is 0. The van der Waals surface area contributed by atoms with Gasteiger partial charge in [-0.25, -0.2) is 4.79 Å². The Labute approximate surface area is 176 Å². The number of carbonyl (C=O) groups is 3. The number of hydrogen-bond acceptors (Lipinski definition) is 6. The number of hydrogen-bond donors (Lipinski definition) is 3. The molecule has 1 aromatic carbocycles. The number of nitrogens with two attached hydrogens (primary N) is 1. The zero-order chi connectivity index (χ0) is 18.5. The molecule has 2 aliphatic heterocycles. The van der Waals surface area contributed by atoms with E-state index in [0.717, 1.165) is 0 Å². The van der Waals surface area contributed by atoms with Gasteiger partial charge in [-0.05, 0) is 19.4 Å². The number of carboxylic acids is 1. The molecule has 2 heterocycles. The van der Waals surface area contributed by atoms with Crippen LogP contribution >= 0.6 is 11.8 Å². The number of benzene rings is 1. The first kappa shape index (κ1) is 21.0. The third-order valence-corrected chi connectivity index (χ3v) is 6.07. The molecule has 4 atom stereocenters. The van der Waals surface area contributed by atoms with Gasteiger partial charge < -0.3 is 26.2 Å². The average molecular weight is 387 g/mol. The quantitative estimate of drug-likeness (QED) is 0.359. The number of carboxylic acid groups (broad SMARTS) is 1. The third-order valence-electron chi connectivity index (χ3n) is 4.49. The second-order valence-electron chi connectivity index (χ2n) is 6.63. The molecule has 10 heteroatoms. The second-order valence-corrected chi connectivity index (χ2v) is 8.40. The van der Waals surface area contributed by atoms with Crippen LogP contribution in [0, 0.1) is 0 Å². The normalized spacial score (nSPS) is 27.0. The molecule has 0 aliphatic carbocycles. The molecule has 2 aliphatic rings. The van der Waals surface area contributed by atoms with Gasteiger partial charge in [0.25, 0.3) is 0 Å². The summed E-state index contributed by atoms with van der Waals surface area (Å²) in [5, 5.41) is 22.7. The van der Waals surface area contributed by atoms with E-state index in [9.17, 15) is 24.6 Å². The Hall–Kier alpha value is -1.26. The van der Waals surface area contributed by atoms with Crippen molar-refractivity contribution in [1.82, 2.24) is 10.2 Å². The predicted octanol–water partition coefficient (Wildman–Crippen LogP) is -3.60. The van der Waals surface area contributed by atoms with Crippen LogP contribution in [0.4, 0.5) is 0 Å². The Kier molecular flexibility index (Phi) is 5.99. The first-order valence-corrected chi connectivity index (χ1v) is 8.57. The number of thioether (sulfide) groups is 1. The van der Waals surface area contributed by atoms with Crippen LogP contribution in [-0.4, -0.2) is 50.0 Å². The van der Waals surface area contributed by atoms with Gasteiger partial charge in [-0.15, -0.1) is 17.5 Å². The molecule has 26 heavy (non-hydrogen) atoms. The van der Waals surface area contributed by atoms with Crippen molar-refractivity contribution >= 4 is 29.5 Å². The molecular weight excluding hydrogens is 369 g/mol. The Morgan fingerprint density at radius 1 is 1.35 bits per heavy atom. The second kappa shape index (κ2) is 7.40. The van der Waals surface area contributed by atoms with Crippen molar-refractivity contribution in [3.8, 4) is 5.75 Å². The summed E-state index contributed by atoms with van der Waals surface area (Å²) in [6.45, 7) is 3.52. The number of nitrogens with zero attached hydrogens (tertiary/aromatic N) is 1. The molecule has 0 spiro atoms. The van der Waals surface area contributed by atoms with E-state index in [4.69, 9.17) is 5.73 Å². The Bertz CT molecular complexity index is 742. The number of amides is 2. The molecule has 0 bridgehead atoms. The van der Waals surface area contributed by atoms with Crippen molar-refractivity contribution in [2.75, 3.05) is 0 Å². The van der Waals surface area contributed by atoms with Crippen LogP contribution in [0.15, 0.2) is 24.3 Å². The smallest absolute Gasteiger partial charge is 0.872 e. The van der Waals surface area contributed by atoms with Crippen LogP contribution in [0.2, 0.25) is 0 Å². The first-order chi connectivity index (χ1) is 11.6. The van der Waals surface area contributed by atoms with E-state index in [-0.39, 0.29) is 35.3 Å². The van der Waals surface area contributed by atoms with Gasteiger partial charge in [-0.2, -0.15) is 0 Å². The molecule has 8 nitrogen and oxygen atoms in total. The summed E-state index contributed by atoms with van der Waals surface area (Å²) in [5.41, 5.74) is 6.35. The zero-order valence-electron chi connectivity index (χ0n) is 14.6. The predicted molar refractivity (Wildman–Crippen MR) is 88.5 cm³/mol. The fourth-order valence-electron chi connectivity index (χ4n) is 3.21. The van der Waals surface area contributed by atoms with E-state index < -0.39 is 46.0 Å². The molecule has 0 saturated carbocycles. The summed E-state index contributed by atoms with van der Waals surface area (Å²) in [4.78, 5) is 37.4. The molecule has 2 fully saturated rings. The summed E-state index contributed by atoms with van der Waals surface area (Å²) in [6.07, 6.45) is 0. The summed E-state index contributed by atoms with van der Waals surface area (Å²) >= 11 is 1.34. The number of aliphatic carboxylic acids is 1. The van der Waals surface area contributed by atoms with Gasteiger partial charge in [0.05, 0.1) is 0 Å². The van der Waals surface area contributed by atoms with Gasteiger partial charge in [0.1, 0.15) is 23.5 Å². The number of rotatable bonds is 4. The fraction of sp³-hybridized carbons (Fsp3) is 0.438. The van der Waals surface area contributed by atoms with Gasteiger partial charge in [0.15, 0.2) is 0 Å². The van der Waals surface area contributed by atoms with Crippen molar-refractivity contribution in [2.24, 2.45) is 5.73 Å². The standard InChI is InChI=1S/C16H19N3O5S.Na/c1-16(2)11(15(23)24)19-13(22)10(14(19)25-16)18-12(21)9(17)7-3-5-8(20)6-4-7;/h3-6,9-11,14,20H,17H2,1-2H3,(H,18,21)(H,23,24);/q;+1/p-1. The van der Waals surface area contributed by atoms with Crippen LogP contribution in [0.25, 0.3) is 0 Å². The zero-order valence-corrected chi connectivity index (χ0v) is 17.4. The van der Waals surface area contributed by atoms with E-state index in [1.54, 1.807) is 13.8 Å². The van der Waals surface area contributed by atoms with E-state index in [1.165, 1.54) is 40.9 Å². The molecule has 4 unspecified atom stereocenters. The molecule has 134 valence electrons. The summed E-state index contributed by atoms with van der Waals surface area (Å²) in [5.74, 6) is -2.22. The molecular formula is C16H18N3NaO5S. The number of nitrogens with one attached hydrogen (secondary N) is 1. The van der Waals surface area contributed by atoms with Crippen LogP contribution in [0.1, 0.15) is 25.5 Å². The third kappa shape index (κ3) is 3.46. The largest absolute Gasteiger partial charge is 1.00 e. The molecule has 0 radical (unpaired) electrons. The minimum atomic E-state index is -1.06. The number of β-lactam (4-membered cyclic amide) rings is 1. The number of fused-ring (bicyclic) bond motifs is 1. The van der Waals surface area contributed by atoms with Crippen LogP contribution < -0.4 is 45.7 Å². The molecule has 0 aromatic heterocycles. The van der Waals surface area contributed by atoms with Gasteiger partial charge >= 0.3 is 35.5 Å². The van der Waals surface area contributed by atoms with Crippen LogP contribution in [0.5, 0.6) is 5.75 Å². The fourth-order valence-corrected chi connectivity index (χ4v) is 4.84. The van der Waals surface area contributed by atoms with E-state index in [1.807, 2.05) is 0 Å². The molecule has 2 saturated heterocycles. The summed E-state index contributed by atoms with van der Waals surface area (Å²) in [6, 6.07) is 2.81. The van der Waals surface area contributed by atoms with Crippen molar-refractivity contribution in [1.29, 1.82) is 0 Å². The van der Waals surface area contributed by atoms with Crippen LogP contribution in [-0.2, 0) is 14.4 Å². The molecule has 4 N–H and O–H groups in total. The van der Waals surface area contributed by atoms with Crippen molar-refractivity contribution in [2.45, 2.75) is 42.1 Å². The number of carbonyl (C=O) groups excluding carboxylic acids is 2. The Morgan fingerprint density at radius 3 is 2.46 bits per heavy atom. The SMILES string of the molecule is CC1(C)SC2C(NC(=O)C(N)c3ccc([O-])cc3)C(=O)N2C1C(=O)O.[Na+]. The Morgan fingerprint density at radius 2 is 1.92 bits per heavy atom. The monoisotopic (exact) mass is 387 g/mol. The molecule has 1 aromatic rings.